The van der Waals surface area contributed by atoms with Gasteiger partial charge in [0.1, 0.15) is 0 Å². The van der Waals surface area contributed by atoms with Gasteiger partial charge in [0.2, 0.25) is 0 Å². The Hall–Kier alpha value is -1.10. The van der Waals surface area contributed by atoms with Crippen molar-refractivity contribution in [2.75, 3.05) is 20.8 Å². The molecule has 1 rings (SSSR count). The van der Waals surface area contributed by atoms with Gasteiger partial charge in [0, 0.05) is 14.2 Å². The maximum absolute atomic E-state index is 11.7. The van der Waals surface area contributed by atoms with E-state index in [2.05, 4.69) is 5.32 Å². The molecule has 0 atom stereocenters. The molecule has 5 heteroatoms. The number of rotatable bonds is 5. The highest BCUT2D eigenvalue weighted by Gasteiger charge is 2.11. The van der Waals surface area contributed by atoms with E-state index in [4.69, 9.17) is 21.1 Å². The van der Waals surface area contributed by atoms with Crippen molar-refractivity contribution in [3.8, 4) is 0 Å². The third-order valence-electron chi connectivity index (χ3n) is 2.07. The molecule has 0 spiro atoms. The molecule has 0 saturated heterocycles. The van der Waals surface area contributed by atoms with E-state index in [1.165, 1.54) is 14.2 Å². The van der Waals surface area contributed by atoms with E-state index in [0.717, 1.165) is 0 Å². The van der Waals surface area contributed by atoms with Crippen LogP contribution in [0.1, 0.15) is 10.4 Å². The second-order valence-electron chi connectivity index (χ2n) is 3.09. The molecule has 0 aliphatic heterocycles. The van der Waals surface area contributed by atoms with Gasteiger partial charge in [-0.05, 0) is 12.1 Å². The van der Waals surface area contributed by atoms with Gasteiger partial charge >= 0.3 is 0 Å². The summed E-state index contributed by atoms with van der Waals surface area (Å²) < 4.78 is 9.89. The Balaban J connectivity index is 2.56. The Kier molecular flexibility index (Phi) is 5.25. The van der Waals surface area contributed by atoms with Gasteiger partial charge in [0.25, 0.3) is 5.91 Å². The zero-order valence-corrected chi connectivity index (χ0v) is 9.95. The normalized spacial score (nSPS) is 10.5. The maximum atomic E-state index is 11.7. The van der Waals surface area contributed by atoms with Gasteiger partial charge in [-0.15, -0.1) is 0 Å². The molecule has 0 aromatic heterocycles. The van der Waals surface area contributed by atoms with E-state index in [1.54, 1.807) is 24.3 Å². The van der Waals surface area contributed by atoms with Crippen molar-refractivity contribution in [3.63, 3.8) is 0 Å². The largest absolute Gasteiger partial charge is 0.354 e. The first kappa shape index (κ1) is 13.0. The van der Waals surface area contributed by atoms with Crippen molar-refractivity contribution in [1.82, 2.24) is 5.32 Å². The first-order chi connectivity index (χ1) is 7.69. The third-order valence-corrected chi connectivity index (χ3v) is 2.40. The van der Waals surface area contributed by atoms with E-state index in [0.29, 0.717) is 10.6 Å². The predicted molar refractivity (Wildman–Crippen MR) is 61.6 cm³/mol. The van der Waals surface area contributed by atoms with E-state index in [1.807, 2.05) is 0 Å². The van der Waals surface area contributed by atoms with Crippen molar-refractivity contribution in [1.29, 1.82) is 0 Å². The lowest BCUT2D eigenvalue weighted by atomic mass is 10.2. The SMILES string of the molecule is COC(CNC(=O)c1ccccc1Cl)OC. The van der Waals surface area contributed by atoms with Crippen LogP contribution >= 0.6 is 11.6 Å². The Morgan fingerprint density at radius 2 is 2.00 bits per heavy atom. The van der Waals surface area contributed by atoms with Crippen LogP contribution in [0.3, 0.4) is 0 Å². The summed E-state index contributed by atoms with van der Waals surface area (Å²) in [5, 5.41) is 3.09. The molecule has 1 N–H and O–H groups in total. The molecule has 0 aliphatic carbocycles. The van der Waals surface area contributed by atoms with E-state index < -0.39 is 6.29 Å². The fourth-order valence-corrected chi connectivity index (χ4v) is 1.40. The van der Waals surface area contributed by atoms with Crippen molar-refractivity contribution in [2.45, 2.75) is 6.29 Å². The first-order valence-corrected chi connectivity index (χ1v) is 5.15. The molecule has 0 heterocycles. The molecule has 16 heavy (non-hydrogen) atoms. The number of hydrogen-bond donors (Lipinski definition) is 1. The molecule has 0 saturated carbocycles. The average molecular weight is 244 g/mol. The molecule has 1 aromatic carbocycles. The fourth-order valence-electron chi connectivity index (χ4n) is 1.18. The molecular formula is C11H14ClNO3. The molecule has 4 nitrogen and oxygen atoms in total. The number of amides is 1. The quantitative estimate of drug-likeness (QED) is 0.801. The number of hydrogen-bond acceptors (Lipinski definition) is 3. The molecule has 0 aliphatic rings. The summed E-state index contributed by atoms with van der Waals surface area (Å²) in [6.45, 7) is 0.275. The summed E-state index contributed by atoms with van der Waals surface area (Å²) in [7, 11) is 3.02. The lowest BCUT2D eigenvalue weighted by molar-refractivity contribution is -0.0974. The minimum Gasteiger partial charge on any atom is -0.354 e. The fraction of sp³-hybridized carbons (Fsp3) is 0.364. The third kappa shape index (κ3) is 3.48. The number of nitrogens with one attached hydrogen (secondary N) is 1. The Morgan fingerprint density at radius 1 is 1.38 bits per heavy atom. The van der Waals surface area contributed by atoms with Gasteiger partial charge in [0.05, 0.1) is 17.1 Å². The highest BCUT2D eigenvalue weighted by atomic mass is 35.5. The summed E-state index contributed by atoms with van der Waals surface area (Å²) in [6.07, 6.45) is -0.452. The first-order valence-electron chi connectivity index (χ1n) is 4.77. The minimum atomic E-state index is -0.452. The van der Waals surface area contributed by atoms with Crippen LogP contribution in [0.2, 0.25) is 5.02 Å². The van der Waals surface area contributed by atoms with Crippen LogP contribution in [0.5, 0.6) is 0 Å². The number of halogens is 1. The van der Waals surface area contributed by atoms with Gasteiger partial charge in [-0.2, -0.15) is 0 Å². The van der Waals surface area contributed by atoms with Crippen LogP contribution in [-0.2, 0) is 9.47 Å². The summed E-state index contributed by atoms with van der Waals surface area (Å²) in [6, 6.07) is 6.85. The molecule has 0 bridgehead atoms. The molecule has 88 valence electrons. The van der Waals surface area contributed by atoms with Crippen molar-refractivity contribution < 1.29 is 14.3 Å². The summed E-state index contributed by atoms with van der Waals surface area (Å²) >= 11 is 5.88. The predicted octanol–water partition coefficient (Wildman–Crippen LogP) is 1.69. The Morgan fingerprint density at radius 3 is 2.56 bits per heavy atom. The van der Waals surface area contributed by atoms with Gasteiger partial charge < -0.3 is 14.8 Å². The maximum Gasteiger partial charge on any atom is 0.252 e. The van der Waals surface area contributed by atoms with Crippen molar-refractivity contribution in [2.24, 2.45) is 0 Å². The zero-order chi connectivity index (χ0) is 12.0. The second kappa shape index (κ2) is 6.48. The molecule has 0 unspecified atom stereocenters. The van der Waals surface area contributed by atoms with Crippen molar-refractivity contribution >= 4 is 17.5 Å². The van der Waals surface area contributed by atoms with Gasteiger partial charge in [0.15, 0.2) is 6.29 Å². The van der Waals surface area contributed by atoms with Crippen LogP contribution < -0.4 is 5.32 Å². The van der Waals surface area contributed by atoms with Crippen molar-refractivity contribution in [3.05, 3.63) is 34.9 Å². The highest BCUT2D eigenvalue weighted by molar-refractivity contribution is 6.33. The van der Waals surface area contributed by atoms with Crippen LogP contribution in [0.4, 0.5) is 0 Å². The standard InChI is InChI=1S/C11H14ClNO3/c1-15-10(16-2)7-13-11(14)8-5-3-4-6-9(8)12/h3-6,10H,7H2,1-2H3,(H,13,14). The molecule has 1 amide bonds. The summed E-state index contributed by atoms with van der Waals surface area (Å²) in [4.78, 5) is 11.7. The lowest BCUT2D eigenvalue weighted by Crippen LogP contribution is -2.34. The zero-order valence-electron chi connectivity index (χ0n) is 9.20. The van der Waals surface area contributed by atoms with Gasteiger partial charge in [-0.1, -0.05) is 23.7 Å². The van der Waals surface area contributed by atoms with Crippen LogP contribution in [0.25, 0.3) is 0 Å². The van der Waals surface area contributed by atoms with E-state index >= 15 is 0 Å². The molecule has 0 radical (unpaired) electrons. The number of carbonyl (C=O) groups is 1. The second-order valence-corrected chi connectivity index (χ2v) is 3.50. The smallest absolute Gasteiger partial charge is 0.252 e. The number of benzene rings is 1. The number of carbonyl (C=O) groups excluding carboxylic acids is 1. The van der Waals surface area contributed by atoms with Crippen LogP contribution in [0, 0.1) is 0 Å². The minimum absolute atomic E-state index is 0.246. The lowest BCUT2D eigenvalue weighted by Gasteiger charge is -2.14. The topological polar surface area (TPSA) is 47.6 Å². The average Bonchev–Trinajstić information content (AvgIpc) is 2.30. The Bertz CT molecular complexity index is 353. The monoisotopic (exact) mass is 243 g/mol. The summed E-state index contributed by atoms with van der Waals surface area (Å²) in [5.74, 6) is -0.246. The molecular weight excluding hydrogens is 230 g/mol. The highest BCUT2D eigenvalue weighted by Crippen LogP contribution is 2.14. The van der Waals surface area contributed by atoms with Gasteiger partial charge in [-0.25, -0.2) is 0 Å². The summed E-state index contributed by atoms with van der Waals surface area (Å²) in [5.41, 5.74) is 0.440. The van der Waals surface area contributed by atoms with E-state index in [9.17, 15) is 4.79 Å². The Labute approximate surface area is 99.5 Å². The molecule has 0 fully saturated rings. The number of methoxy groups -OCH3 is 2. The number of ether oxygens (including phenoxy) is 2. The van der Waals surface area contributed by atoms with Crippen LogP contribution in [0.15, 0.2) is 24.3 Å². The van der Waals surface area contributed by atoms with E-state index in [-0.39, 0.29) is 12.5 Å². The van der Waals surface area contributed by atoms with Gasteiger partial charge in [-0.3, -0.25) is 4.79 Å². The van der Waals surface area contributed by atoms with Crippen LogP contribution in [-0.4, -0.2) is 33.0 Å². The molecule has 1 aromatic rings.